The number of aryl methyl sites for hydroxylation is 1. The zero-order chi connectivity index (χ0) is 13.3. The Morgan fingerprint density at radius 3 is 2.68 bits per heavy atom. The van der Waals surface area contributed by atoms with E-state index >= 15 is 0 Å². The van der Waals surface area contributed by atoms with Gasteiger partial charge in [-0.25, -0.2) is 12.8 Å². The lowest BCUT2D eigenvalue weighted by Gasteiger charge is -2.32. The van der Waals surface area contributed by atoms with Crippen LogP contribution in [0.5, 0.6) is 0 Å². The van der Waals surface area contributed by atoms with Gasteiger partial charge in [-0.3, -0.25) is 0 Å². The molecule has 0 aliphatic carbocycles. The summed E-state index contributed by atoms with van der Waals surface area (Å²) >= 11 is 0. The highest BCUT2D eigenvalue weighted by Crippen LogP contribution is 2.21. The molecule has 0 bridgehead atoms. The van der Waals surface area contributed by atoms with E-state index in [0.29, 0.717) is 25.2 Å². The van der Waals surface area contributed by atoms with E-state index in [-0.39, 0.29) is 23.3 Å². The maximum Gasteiger partial charge on any atom is 0.243 e. The molecule has 0 amide bonds. The van der Waals surface area contributed by atoms with Crippen molar-refractivity contribution < 1.29 is 12.8 Å². The molecule has 4 nitrogen and oxygen atoms in total. The zero-order valence-corrected chi connectivity index (χ0v) is 12.5. The lowest BCUT2D eigenvalue weighted by Crippen LogP contribution is -2.52. The Balaban J connectivity index is 0.00000180. The summed E-state index contributed by atoms with van der Waals surface area (Å²) < 4.78 is 39.7. The monoisotopic (exact) mass is 308 g/mol. The molecule has 1 fully saturated rings. The third-order valence-corrected chi connectivity index (χ3v) is 5.20. The molecule has 2 rings (SSSR count). The van der Waals surface area contributed by atoms with Crippen LogP contribution in [0.2, 0.25) is 0 Å². The molecular weight excluding hydrogens is 291 g/mol. The number of rotatable bonds is 2. The fourth-order valence-corrected chi connectivity index (χ4v) is 3.69. The summed E-state index contributed by atoms with van der Waals surface area (Å²) in [7, 11) is -3.60. The average Bonchev–Trinajstić information content (AvgIpc) is 2.33. The minimum atomic E-state index is -3.60. The molecule has 1 heterocycles. The molecule has 108 valence electrons. The Morgan fingerprint density at radius 2 is 2.11 bits per heavy atom. The van der Waals surface area contributed by atoms with Crippen LogP contribution in [-0.2, 0) is 10.0 Å². The Hall–Kier alpha value is -0.690. The number of halogens is 2. The molecule has 19 heavy (non-hydrogen) atoms. The maximum absolute atomic E-state index is 13.5. The van der Waals surface area contributed by atoms with Crippen LogP contribution >= 0.6 is 12.4 Å². The fourth-order valence-electron chi connectivity index (χ4n) is 2.05. The topological polar surface area (TPSA) is 49.4 Å². The van der Waals surface area contributed by atoms with Crippen molar-refractivity contribution in [3.63, 3.8) is 0 Å². The summed E-state index contributed by atoms with van der Waals surface area (Å²) in [6, 6.07) is 3.94. The van der Waals surface area contributed by atoms with Gasteiger partial charge in [0.05, 0.1) is 4.90 Å². The number of hydrogen-bond donors (Lipinski definition) is 1. The van der Waals surface area contributed by atoms with Gasteiger partial charge in [-0.1, -0.05) is 6.07 Å². The van der Waals surface area contributed by atoms with Gasteiger partial charge in [0.1, 0.15) is 5.82 Å². The van der Waals surface area contributed by atoms with Crippen molar-refractivity contribution in [2.45, 2.75) is 24.8 Å². The first-order valence-corrected chi connectivity index (χ1v) is 7.35. The first kappa shape index (κ1) is 16.4. The van der Waals surface area contributed by atoms with Crippen LogP contribution in [0.15, 0.2) is 23.1 Å². The predicted molar refractivity (Wildman–Crippen MR) is 74.6 cm³/mol. The number of nitrogens with one attached hydrogen (secondary N) is 1. The summed E-state index contributed by atoms with van der Waals surface area (Å²) in [5.41, 5.74) is 0.447. The number of hydrogen-bond acceptors (Lipinski definition) is 3. The standard InChI is InChI=1S/C12H17FN2O2S.ClH/c1-9-3-4-11(7-12(9)13)18(16,17)15-6-5-14-8-10(15)2;/h3-4,7,10,14H,5-6,8H2,1-2H3;1H/t10-;/m0./s1. The lowest BCUT2D eigenvalue weighted by atomic mass is 10.2. The van der Waals surface area contributed by atoms with Crippen LogP contribution in [0.3, 0.4) is 0 Å². The maximum atomic E-state index is 13.5. The third-order valence-electron chi connectivity index (χ3n) is 3.19. The van der Waals surface area contributed by atoms with Gasteiger partial charge in [-0.05, 0) is 31.5 Å². The van der Waals surface area contributed by atoms with Gasteiger partial charge in [0.2, 0.25) is 10.0 Å². The molecule has 0 aromatic heterocycles. The smallest absolute Gasteiger partial charge is 0.243 e. The van der Waals surface area contributed by atoms with Gasteiger partial charge in [0.25, 0.3) is 0 Å². The van der Waals surface area contributed by atoms with Crippen LogP contribution < -0.4 is 5.32 Å². The quantitative estimate of drug-likeness (QED) is 0.901. The van der Waals surface area contributed by atoms with Crippen molar-refractivity contribution in [3.8, 4) is 0 Å². The van der Waals surface area contributed by atoms with E-state index in [1.807, 2.05) is 6.92 Å². The molecule has 0 spiro atoms. The van der Waals surface area contributed by atoms with Crippen molar-refractivity contribution in [2.75, 3.05) is 19.6 Å². The Labute approximate surface area is 119 Å². The average molecular weight is 309 g/mol. The van der Waals surface area contributed by atoms with Crippen molar-refractivity contribution in [1.29, 1.82) is 0 Å². The summed E-state index contributed by atoms with van der Waals surface area (Å²) in [6.07, 6.45) is 0. The zero-order valence-electron chi connectivity index (χ0n) is 10.9. The van der Waals surface area contributed by atoms with Crippen molar-refractivity contribution in [3.05, 3.63) is 29.6 Å². The molecule has 0 unspecified atom stereocenters. The number of nitrogens with zero attached hydrogens (tertiary/aromatic N) is 1. The van der Waals surface area contributed by atoms with Crippen molar-refractivity contribution in [1.82, 2.24) is 9.62 Å². The Morgan fingerprint density at radius 1 is 1.42 bits per heavy atom. The third kappa shape index (κ3) is 3.25. The molecule has 1 aliphatic rings. The molecule has 1 N–H and O–H groups in total. The van der Waals surface area contributed by atoms with Crippen molar-refractivity contribution >= 4 is 22.4 Å². The van der Waals surface area contributed by atoms with Crippen LogP contribution in [0.25, 0.3) is 0 Å². The van der Waals surface area contributed by atoms with Gasteiger partial charge in [0, 0.05) is 25.7 Å². The van der Waals surface area contributed by atoms with Crippen molar-refractivity contribution in [2.24, 2.45) is 0 Å². The molecule has 1 saturated heterocycles. The van der Waals surface area contributed by atoms with Crippen LogP contribution in [0, 0.1) is 12.7 Å². The van der Waals surface area contributed by atoms with Crippen LogP contribution in [0.1, 0.15) is 12.5 Å². The highest BCUT2D eigenvalue weighted by atomic mass is 35.5. The molecule has 1 aromatic rings. The summed E-state index contributed by atoms with van der Waals surface area (Å²) in [5, 5.41) is 3.13. The van der Waals surface area contributed by atoms with Crippen LogP contribution in [0.4, 0.5) is 4.39 Å². The van der Waals surface area contributed by atoms with Gasteiger partial charge in [-0.2, -0.15) is 4.31 Å². The van der Waals surface area contributed by atoms with Gasteiger partial charge in [-0.15, -0.1) is 12.4 Å². The fraction of sp³-hybridized carbons (Fsp3) is 0.500. The highest BCUT2D eigenvalue weighted by molar-refractivity contribution is 7.89. The second-order valence-electron chi connectivity index (χ2n) is 4.58. The normalized spacial score (nSPS) is 20.9. The Kier molecular flexibility index (Phi) is 5.32. The van der Waals surface area contributed by atoms with E-state index in [1.165, 1.54) is 16.4 Å². The Bertz CT molecular complexity index is 551. The highest BCUT2D eigenvalue weighted by Gasteiger charge is 2.31. The number of benzene rings is 1. The summed E-state index contributed by atoms with van der Waals surface area (Å²) in [4.78, 5) is 0.0272. The first-order chi connectivity index (χ1) is 8.43. The summed E-state index contributed by atoms with van der Waals surface area (Å²) in [5.74, 6) is -0.487. The molecule has 1 atom stereocenters. The number of piperazine rings is 1. The first-order valence-electron chi connectivity index (χ1n) is 5.91. The van der Waals surface area contributed by atoms with Gasteiger partial charge < -0.3 is 5.32 Å². The second-order valence-corrected chi connectivity index (χ2v) is 6.47. The molecule has 1 aliphatic heterocycles. The lowest BCUT2D eigenvalue weighted by molar-refractivity contribution is 0.283. The van der Waals surface area contributed by atoms with E-state index in [9.17, 15) is 12.8 Å². The molecular formula is C12H18ClFN2O2S. The van der Waals surface area contributed by atoms with E-state index in [0.717, 1.165) is 6.07 Å². The molecule has 0 saturated carbocycles. The summed E-state index contributed by atoms with van der Waals surface area (Å²) in [6.45, 7) is 5.11. The molecule has 1 aromatic carbocycles. The minimum absolute atomic E-state index is 0. The second kappa shape index (κ2) is 6.17. The predicted octanol–water partition coefficient (Wildman–Crippen LogP) is 1.54. The van der Waals surface area contributed by atoms with E-state index in [1.54, 1.807) is 6.92 Å². The molecule has 7 heteroatoms. The van der Waals surface area contributed by atoms with Crippen LogP contribution in [-0.4, -0.2) is 38.4 Å². The minimum Gasteiger partial charge on any atom is -0.314 e. The molecule has 0 radical (unpaired) electrons. The van der Waals surface area contributed by atoms with E-state index in [2.05, 4.69) is 5.32 Å². The van der Waals surface area contributed by atoms with Gasteiger partial charge >= 0.3 is 0 Å². The van der Waals surface area contributed by atoms with E-state index in [4.69, 9.17) is 0 Å². The van der Waals surface area contributed by atoms with Gasteiger partial charge in [0.15, 0.2) is 0 Å². The SMILES string of the molecule is Cc1ccc(S(=O)(=O)N2CCNC[C@@H]2C)cc1F.Cl. The largest absolute Gasteiger partial charge is 0.314 e. The number of sulfonamides is 1. The van der Waals surface area contributed by atoms with E-state index < -0.39 is 15.8 Å².